The van der Waals surface area contributed by atoms with Crippen LogP contribution in [0.5, 0.6) is 0 Å². The average Bonchev–Trinajstić information content (AvgIpc) is 2.90. The van der Waals surface area contributed by atoms with Gasteiger partial charge in [-0.25, -0.2) is 0 Å². The molecule has 3 heterocycles. The molecule has 82 valence electrons. The molecule has 3 rings (SSSR count). The molecule has 3 aromatic rings. The molecule has 3 aromatic heterocycles. The Labute approximate surface area is 104 Å². The van der Waals surface area contributed by atoms with Crippen molar-refractivity contribution in [2.75, 3.05) is 0 Å². The third-order valence-corrected chi connectivity index (χ3v) is 3.54. The highest BCUT2D eigenvalue weighted by molar-refractivity contribution is 7.14. The van der Waals surface area contributed by atoms with Crippen LogP contribution in [0, 0.1) is 0 Å². The van der Waals surface area contributed by atoms with Gasteiger partial charge < -0.3 is 0 Å². The summed E-state index contributed by atoms with van der Waals surface area (Å²) < 4.78 is 0. The fourth-order valence-electron chi connectivity index (χ4n) is 1.79. The normalized spacial score (nSPS) is 10.4. The Morgan fingerprint density at radius 1 is 0.824 bits per heavy atom. The Kier molecular flexibility index (Phi) is 2.68. The molecule has 0 aromatic carbocycles. The van der Waals surface area contributed by atoms with Crippen LogP contribution in [0.25, 0.3) is 21.6 Å². The fraction of sp³-hybridized carbons (Fsp3) is 0. The highest BCUT2D eigenvalue weighted by atomic mass is 32.1. The van der Waals surface area contributed by atoms with E-state index in [1.165, 1.54) is 16.0 Å². The van der Waals surface area contributed by atoms with Gasteiger partial charge in [0.25, 0.3) is 0 Å². The third kappa shape index (κ3) is 1.97. The van der Waals surface area contributed by atoms with Crippen molar-refractivity contribution < 1.29 is 0 Å². The predicted molar refractivity (Wildman–Crippen MR) is 70.8 cm³/mol. The second kappa shape index (κ2) is 4.47. The van der Waals surface area contributed by atoms with Crippen LogP contribution in [0.4, 0.5) is 0 Å². The molecular weight excluding hydrogens is 228 g/mol. The van der Waals surface area contributed by atoms with Gasteiger partial charge in [0.05, 0.1) is 0 Å². The molecule has 2 nitrogen and oxygen atoms in total. The van der Waals surface area contributed by atoms with Gasteiger partial charge in [-0.2, -0.15) is 0 Å². The highest BCUT2D eigenvalue weighted by Crippen LogP contribution is 2.35. The van der Waals surface area contributed by atoms with E-state index in [0.29, 0.717) is 0 Å². The van der Waals surface area contributed by atoms with Gasteiger partial charge >= 0.3 is 0 Å². The molecule has 0 saturated carbocycles. The van der Waals surface area contributed by atoms with Gasteiger partial charge in [-0.05, 0) is 35.2 Å². The minimum absolute atomic E-state index is 1.15. The molecule has 0 spiro atoms. The Balaban J connectivity index is 2.13. The summed E-state index contributed by atoms with van der Waals surface area (Å²) in [4.78, 5) is 9.48. The van der Waals surface area contributed by atoms with Gasteiger partial charge in [0.1, 0.15) is 0 Å². The van der Waals surface area contributed by atoms with E-state index in [-0.39, 0.29) is 0 Å². The molecule has 0 N–H and O–H groups in total. The Hall–Kier alpha value is -2.00. The summed E-state index contributed by atoms with van der Waals surface area (Å²) in [6.45, 7) is 0. The van der Waals surface area contributed by atoms with Gasteiger partial charge in [-0.1, -0.05) is 6.07 Å². The van der Waals surface area contributed by atoms with E-state index in [4.69, 9.17) is 0 Å². The van der Waals surface area contributed by atoms with Crippen molar-refractivity contribution in [2.45, 2.75) is 0 Å². The van der Waals surface area contributed by atoms with Gasteiger partial charge in [0.15, 0.2) is 0 Å². The SMILES string of the molecule is c1cncc(-c2ccsc2-c2ccncc2)c1. The first-order valence-electron chi connectivity index (χ1n) is 5.33. The summed E-state index contributed by atoms with van der Waals surface area (Å²) in [5, 5.41) is 2.11. The summed E-state index contributed by atoms with van der Waals surface area (Å²) in [5.41, 5.74) is 3.59. The molecule has 0 atom stereocenters. The second-order valence-electron chi connectivity index (χ2n) is 3.64. The van der Waals surface area contributed by atoms with E-state index < -0.39 is 0 Å². The maximum Gasteiger partial charge on any atom is 0.0422 e. The molecule has 0 aliphatic carbocycles. The standard InChI is InChI=1S/C14H10N2S/c1-2-12(10-16-6-1)13-5-9-17-14(13)11-3-7-15-8-4-11/h1-10H. The van der Waals surface area contributed by atoms with Crippen molar-refractivity contribution in [3.05, 3.63) is 60.5 Å². The van der Waals surface area contributed by atoms with E-state index >= 15 is 0 Å². The lowest BCUT2D eigenvalue weighted by Gasteiger charge is -2.03. The first-order chi connectivity index (χ1) is 8.45. The van der Waals surface area contributed by atoms with Crippen molar-refractivity contribution in [2.24, 2.45) is 0 Å². The molecule has 17 heavy (non-hydrogen) atoms. The van der Waals surface area contributed by atoms with E-state index in [0.717, 1.165) is 5.56 Å². The molecule has 0 bridgehead atoms. The van der Waals surface area contributed by atoms with E-state index in [9.17, 15) is 0 Å². The summed E-state index contributed by atoms with van der Waals surface area (Å²) in [6.07, 6.45) is 7.33. The predicted octanol–water partition coefficient (Wildman–Crippen LogP) is 3.87. The summed E-state index contributed by atoms with van der Waals surface area (Å²) in [6, 6.07) is 10.2. The number of nitrogens with zero attached hydrogens (tertiary/aromatic N) is 2. The smallest absolute Gasteiger partial charge is 0.0422 e. The fourth-order valence-corrected chi connectivity index (χ4v) is 2.71. The van der Waals surface area contributed by atoms with Gasteiger partial charge in [0.2, 0.25) is 0 Å². The number of hydrogen-bond acceptors (Lipinski definition) is 3. The van der Waals surface area contributed by atoms with Crippen LogP contribution < -0.4 is 0 Å². The lowest BCUT2D eigenvalue weighted by molar-refractivity contribution is 1.33. The van der Waals surface area contributed by atoms with E-state index in [1.807, 2.05) is 36.8 Å². The minimum Gasteiger partial charge on any atom is -0.265 e. The zero-order valence-electron chi connectivity index (χ0n) is 9.08. The molecule has 0 amide bonds. The molecule has 0 fully saturated rings. The van der Waals surface area contributed by atoms with Gasteiger partial charge in [0, 0.05) is 40.8 Å². The average molecular weight is 238 g/mol. The van der Waals surface area contributed by atoms with Gasteiger partial charge in [-0.3, -0.25) is 9.97 Å². The van der Waals surface area contributed by atoms with Crippen LogP contribution in [0.1, 0.15) is 0 Å². The summed E-state index contributed by atoms with van der Waals surface area (Å²) >= 11 is 1.74. The highest BCUT2D eigenvalue weighted by Gasteiger charge is 2.08. The molecule has 0 unspecified atom stereocenters. The molecule has 3 heteroatoms. The number of pyridine rings is 2. The zero-order chi connectivity index (χ0) is 11.5. The first kappa shape index (κ1) is 10.2. The number of aromatic nitrogens is 2. The molecular formula is C14H10N2S. The zero-order valence-corrected chi connectivity index (χ0v) is 9.89. The Morgan fingerprint density at radius 2 is 1.71 bits per heavy atom. The quantitative estimate of drug-likeness (QED) is 0.677. The van der Waals surface area contributed by atoms with Crippen LogP contribution in [0.2, 0.25) is 0 Å². The van der Waals surface area contributed by atoms with Crippen LogP contribution in [-0.2, 0) is 0 Å². The van der Waals surface area contributed by atoms with E-state index in [2.05, 4.69) is 27.5 Å². The molecule has 0 aliphatic heterocycles. The largest absolute Gasteiger partial charge is 0.265 e. The van der Waals surface area contributed by atoms with Crippen LogP contribution in [0.3, 0.4) is 0 Å². The number of thiophene rings is 1. The van der Waals surface area contributed by atoms with Crippen molar-refractivity contribution in [1.82, 2.24) is 9.97 Å². The topological polar surface area (TPSA) is 25.8 Å². The lowest BCUT2D eigenvalue weighted by atomic mass is 10.1. The van der Waals surface area contributed by atoms with Crippen molar-refractivity contribution in [3.63, 3.8) is 0 Å². The summed E-state index contributed by atoms with van der Waals surface area (Å²) in [7, 11) is 0. The molecule has 0 aliphatic rings. The number of rotatable bonds is 2. The minimum atomic E-state index is 1.15. The maximum atomic E-state index is 4.17. The Morgan fingerprint density at radius 3 is 2.47 bits per heavy atom. The number of hydrogen-bond donors (Lipinski definition) is 0. The van der Waals surface area contributed by atoms with Crippen LogP contribution in [0.15, 0.2) is 60.5 Å². The molecule has 0 saturated heterocycles. The monoisotopic (exact) mass is 238 g/mol. The summed E-state index contributed by atoms with van der Waals surface area (Å²) in [5.74, 6) is 0. The van der Waals surface area contributed by atoms with E-state index in [1.54, 1.807) is 17.5 Å². The van der Waals surface area contributed by atoms with Crippen LogP contribution in [-0.4, -0.2) is 9.97 Å². The Bertz CT molecular complexity index is 548. The maximum absolute atomic E-state index is 4.17. The first-order valence-corrected chi connectivity index (χ1v) is 6.21. The third-order valence-electron chi connectivity index (χ3n) is 2.58. The second-order valence-corrected chi connectivity index (χ2v) is 4.56. The van der Waals surface area contributed by atoms with Gasteiger partial charge in [-0.15, -0.1) is 11.3 Å². The molecule has 0 radical (unpaired) electrons. The van der Waals surface area contributed by atoms with Crippen molar-refractivity contribution in [3.8, 4) is 21.6 Å². The lowest BCUT2D eigenvalue weighted by Crippen LogP contribution is -1.80. The van der Waals surface area contributed by atoms with Crippen LogP contribution >= 0.6 is 11.3 Å². The van der Waals surface area contributed by atoms with Crippen molar-refractivity contribution in [1.29, 1.82) is 0 Å². The van der Waals surface area contributed by atoms with Crippen molar-refractivity contribution >= 4 is 11.3 Å².